The Morgan fingerprint density at radius 3 is 1.59 bits per heavy atom. The quantitative estimate of drug-likeness (QED) is 0.0744. The van der Waals surface area contributed by atoms with Crippen LogP contribution in [0.2, 0.25) is 0 Å². The fourth-order valence-electron chi connectivity index (χ4n) is 4.46. The predicted octanol–water partition coefficient (Wildman–Crippen LogP) is 7.04. The Morgan fingerprint density at radius 1 is 0.703 bits per heavy atom. The second-order valence-electron chi connectivity index (χ2n) is 11.2. The van der Waals surface area contributed by atoms with Crippen molar-refractivity contribution in [1.29, 1.82) is 0 Å². The molecule has 0 aliphatic rings. The second-order valence-corrected chi connectivity index (χ2v) is 12.2. The van der Waals surface area contributed by atoms with E-state index in [4.69, 9.17) is 13.8 Å². The Bertz CT molecular complexity index is 481. The molecule has 6 nitrogen and oxygen atoms in total. The van der Waals surface area contributed by atoms with Crippen LogP contribution < -0.4 is 4.90 Å². The van der Waals surface area contributed by atoms with Crippen LogP contribution in [-0.2, 0) is 18.6 Å². The molecule has 0 aromatic heterocycles. The highest BCUT2D eigenvalue weighted by atomic mass is 31.2. The molecule has 0 aliphatic carbocycles. The van der Waals surface area contributed by atoms with Crippen molar-refractivity contribution >= 4 is 14.4 Å². The molecule has 7 heteroatoms. The van der Waals surface area contributed by atoms with E-state index in [1.54, 1.807) is 6.92 Å². The number of carbonyl (C=O) groups is 1. The molecule has 0 aromatic carbocycles. The van der Waals surface area contributed by atoms with Crippen LogP contribution in [-0.4, -0.2) is 57.7 Å². The molecular formula is C30H63NO5P+. The fourth-order valence-corrected chi connectivity index (χ4v) is 5.12. The molecule has 0 fully saturated rings. The van der Waals surface area contributed by atoms with Crippen molar-refractivity contribution in [2.24, 2.45) is 5.92 Å². The zero-order valence-electron chi connectivity index (χ0n) is 25.1. The summed E-state index contributed by atoms with van der Waals surface area (Å²) in [4.78, 5) is 22.7. The van der Waals surface area contributed by atoms with Crippen LogP contribution in [0, 0.1) is 5.92 Å². The zero-order valence-corrected chi connectivity index (χ0v) is 26.0. The average molecular weight is 549 g/mol. The van der Waals surface area contributed by atoms with Gasteiger partial charge < -0.3 is 28.4 Å². The maximum Gasteiger partial charge on any atom is 0.330 e. The van der Waals surface area contributed by atoms with Crippen molar-refractivity contribution in [2.75, 3.05) is 47.1 Å². The van der Waals surface area contributed by atoms with Crippen molar-refractivity contribution in [2.45, 2.75) is 136 Å². The summed E-state index contributed by atoms with van der Waals surface area (Å²) in [6.07, 6.45) is 25.1. The Hall–Kier alpha value is -0.100. The summed E-state index contributed by atoms with van der Waals surface area (Å²) in [5, 5.41) is 0. The summed E-state index contributed by atoms with van der Waals surface area (Å²) in [5.41, 5.74) is 0. The number of likely N-dealkylation sites (N-methyl/N-ethyl adjacent to an activating group) is 1. The molecule has 0 heterocycles. The summed E-state index contributed by atoms with van der Waals surface area (Å²) in [6.45, 7) is 6.64. The fraction of sp³-hybridized carbons (Fsp3) is 0.967. The van der Waals surface area contributed by atoms with Gasteiger partial charge >= 0.3 is 8.60 Å². The third kappa shape index (κ3) is 30.3. The van der Waals surface area contributed by atoms with E-state index in [9.17, 15) is 9.69 Å². The molecule has 0 spiro atoms. The number of hydrogen-bond donors (Lipinski definition) is 2. The van der Waals surface area contributed by atoms with Crippen LogP contribution in [0.4, 0.5) is 0 Å². The first-order valence-corrected chi connectivity index (χ1v) is 16.7. The van der Waals surface area contributed by atoms with Crippen LogP contribution in [0.5, 0.6) is 0 Å². The number of hydrogen-bond acceptors (Lipinski definition) is 5. The lowest BCUT2D eigenvalue weighted by Crippen LogP contribution is -3.06. The Morgan fingerprint density at radius 2 is 1.16 bits per heavy atom. The van der Waals surface area contributed by atoms with Gasteiger partial charge in [0.2, 0.25) is 0 Å². The Balaban J connectivity index is 3.49. The molecule has 0 saturated heterocycles. The molecule has 37 heavy (non-hydrogen) atoms. The highest BCUT2D eigenvalue weighted by molar-refractivity contribution is 7.40. The lowest BCUT2D eigenvalue weighted by molar-refractivity contribution is -0.858. The molecular weight excluding hydrogens is 485 g/mol. The lowest BCUT2D eigenvalue weighted by Gasteiger charge is -2.18. The van der Waals surface area contributed by atoms with Gasteiger partial charge in [-0.15, -0.1) is 0 Å². The molecule has 0 rings (SSSR count). The van der Waals surface area contributed by atoms with Crippen LogP contribution in [0.1, 0.15) is 136 Å². The van der Waals surface area contributed by atoms with Crippen molar-refractivity contribution in [3.8, 4) is 0 Å². The number of Topliss-reactive ketones (excluding diaryl/α,β-unsaturated/α-hetero) is 1. The molecule has 0 amide bonds. The molecule has 2 atom stereocenters. The summed E-state index contributed by atoms with van der Waals surface area (Å²) in [6, 6.07) is 0. The van der Waals surface area contributed by atoms with E-state index in [0.717, 1.165) is 19.6 Å². The second kappa shape index (κ2) is 28.9. The number of unbranched alkanes of at least 4 members (excludes halogenated alkanes) is 17. The minimum absolute atomic E-state index is 0.0340. The van der Waals surface area contributed by atoms with Crippen molar-refractivity contribution in [3.63, 3.8) is 0 Å². The molecule has 222 valence electrons. The normalized spacial score (nSPS) is 13.4. The smallest absolute Gasteiger partial charge is 0.330 e. The lowest BCUT2D eigenvalue weighted by atomic mass is 10.0. The third-order valence-corrected chi connectivity index (χ3v) is 7.57. The van der Waals surface area contributed by atoms with Gasteiger partial charge in [-0.25, -0.2) is 0 Å². The van der Waals surface area contributed by atoms with Gasteiger partial charge in [0.1, 0.15) is 18.9 Å². The molecule has 2 unspecified atom stereocenters. The van der Waals surface area contributed by atoms with Crippen LogP contribution >= 0.6 is 8.60 Å². The van der Waals surface area contributed by atoms with Crippen LogP contribution in [0.3, 0.4) is 0 Å². The third-order valence-electron chi connectivity index (χ3n) is 6.80. The maximum atomic E-state index is 11.6. The highest BCUT2D eigenvalue weighted by Gasteiger charge is 2.16. The standard InChI is InChI=1S/C30H62NO5P/c1-5-6-7-8-9-10-11-12-13-14-15-16-17-18-19-20-21-22-24-34-27-30(26-29(2)32)28-36-37(33)35-25-23-31(3)4/h30,33H,5-28H2,1-4H3/p+1. The van der Waals surface area contributed by atoms with Crippen molar-refractivity contribution in [1.82, 2.24) is 0 Å². The first kappa shape index (κ1) is 36.9. The summed E-state index contributed by atoms with van der Waals surface area (Å²) >= 11 is 0. The monoisotopic (exact) mass is 548 g/mol. The molecule has 0 aliphatic heterocycles. The van der Waals surface area contributed by atoms with Crippen molar-refractivity contribution in [3.05, 3.63) is 0 Å². The molecule has 0 bridgehead atoms. The molecule has 2 N–H and O–H groups in total. The van der Waals surface area contributed by atoms with Gasteiger partial charge in [-0.05, 0) is 13.3 Å². The first-order valence-electron chi connectivity index (χ1n) is 15.6. The van der Waals surface area contributed by atoms with E-state index in [1.807, 2.05) is 14.1 Å². The maximum absolute atomic E-state index is 11.6. The van der Waals surface area contributed by atoms with Gasteiger partial charge in [-0.1, -0.05) is 116 Å². The van der Waals surface area contributed by atoms with Gasteiger partial charge in [0.15, 0.2) is 0 Å². The van der Waals surface area contributed by atoms with Gasteiger partial charge in [0, 0.05) is 18.9 Å². The minimum atomic E-state index is -1.89. The molecule has 0 saturated carbocycles. The Kier molecular flexibility index (Phi) is 28.8. The van der Waals surface area contributed by atoms with Crippen LogP contribution in [0.25, 0.3) is 0 Å². The van der Waals surface area contributed by atoms with E-state index in [2.05, 4.69) is 6.92 Å². The average Bonchev–Trinajstić information content (AvgIpc) is 2.85. The van der Waals surface area contributed by atoms with E-state index < -0.39 is 8.60 Å². The SMILES string of the molecule is CCCCCCCCCCCCCCCCCCCCOCC(COP(O)OCC[NH+](C)C)CC(C)=O. The summed E-state index contributed by atoms with van der Waals surface area (Å²) in [5.74, 6) is 0.0815. The van der Waals surface area contributed by atoms with E-state index in [1.165, 1.54) is 114 Å². The number of ether oxygens (including phenoxy) is 1. The number of rotatable bonds is 30. The summed E-state index contributed by atoms with van der Waals surface area (Å²) < 4.78 is 16.6. The molecule has 0 radical (unpaired) electrons. The van der Waals surface area contributed by atoms with Gasteiger partial charge in [-0.3, -0.25) is 0 Å². The van der Waals surface area contributed by atoms with Crippen LogP contribution in [0.15, 0.2) is 0 Å². The largest absolute Gasteiger partial charge is 0.381 e. The van der Waals surface area contributed by atoms with Gasteiger partial charge in [0.25, 0.3) is 0 Å². The first-order chi connectivity index (χ1) is 18.0. The van der Waals surface area contributed by atoms with E-state index in [-0.39, 0.29) is 18.3 Å². The topological polar surface area (TPSA) is 69.4 Å². The number of quaternary nitrogens is 1. The molecule has 0 aromatic rings. The minimum Gasteiger partial charge on any atom is -0.381 e. The van der Waals surface area contributed by atoms with E-state index in [0.29, 0.717) is 19.6 Å². The number of ketones is 1. The highest BCUT2D eigenvalue weighted by Crippen LogP contribution is 2.33. The Labute approximate surface area is 231 Å². The van der Waals surface area contributed by atoms with Crippen molar-refractivity contribution < 1.29 is 28.4 Å². The van der Waals surface area contributed by atoms with E-state index >= 15 is 0 Å². The van der Waals surface area contributed by atoms with Gasteiger partial charge in [0.05, 0.1) is 27.3 Å². The number of nitrogens with one attached hydrogen (secondary N) is 1. The zero-order chi connectivity index (χ0) is 27.4. The predicted molar refractivity (Wildman–Crippen MR) is 157 cm³/mol. The van der Waals surface area contributed by atoms with Gasteiger partial charge in [-0.2, -0.15) is 0 Å². The summed E-state index contributed by atoms with van der Waals surface area (Å²) in [7, 11) is 2.17. The number of carbonyl (C=O) groups excluding carboxylic acids is 1.